The van der Waals surface area contributed by atoms with Gasteiger partial charge in [0.15, 0.2) is 0 Å². The van der Waals surface area contributed by atoms with E-state index in [1.807, 2.05) is 0 Å². The van der Waals surface area contributed by atoms with Gasteiger partial charge >= 0.3 is 3.36 Å². The molecule has 0 amide bonds. The Kier molecular flexibility index (Phi) is 3.60. The second-order valence-corrected chi connectivity index (χ2v) is 5.08. The van der Waals surface area contributed by atoms with Gasteiger partial charge < -0.3 is 5.11 Å². The van der Waals surface area contributed by atoms with E-state index in [4.69, 9.17) is 5.11 Å². The number of hydrogen-bond acceptors (Lipinski definition) is 3. The molecule has 0 aromatic rings. The number of hydrogen-bond donors (Lipinski definition) is 1. The van der Waals surface area contributed by atoms with E-state index in [9.17, 15) is 10.1 Å². The minimum Gasteiger partial charge on any atom is -0.396 e. The van der Waals surface area contributed by atoms with Crippen LogP contribution in [0.1, 0.15) is 6.42 Å². The van der Waals surface area contributed by atoms with Crippen LogP contribution in [0.25, 0.3) is 0 Å². The average Bonchev–Trinajstić information content (AvgIpc) is 1.65. The summed E-state index contributed by atoms with van der Waals surface area (Å²) in [5, 5.41) is 18.3. The van der Waals surface area contributed by atoms with Crippen molar-refractivity contribution in [1.82, 2.24) is 0 Å². The Morgan fingerprint density at radius 2 is 2.11 bits per heavy atom. The van der Waals surface area contributed by atoms with Crippen molar-refractivity contribution in [2.45, 2.75) is 9.78 Å². The SMILES string of the molecule is O=[N+]([O-])C(Br)(Br)CCO. The van der Waals surface area contributed by atoms with Gasteiger partial charge in [0.1, 0.15) is 0 Å². The first-order chi connectivity index (χ1) is 4.00. The zero-order chi connectivity index (χ0) is 7.49. The predicted octanol–water partition coefficient (Wildman–Crippen LogP) is 1.09. The minimum atomic E-state index is -1.35. The van der Waals surface area contributed by atoms with Crippen molar-refractivity contribution in [2.24, 2.45) is 0 Å². The van der Waals surface area contributed by atoms with Gasteiger partial charge in [-0.15, -0.1) is 0 Å². The molecule has 0 aromatic carbocycles. The monoisotopic (exact) mass is 261 g/mol. The summed E-state index contributed by atoms with van der Waals surface area (Å²) in [5.74, 6) is 0. The Morgan fingerprint density at radius 3 is 2.22 bits per heavy atom. The molecule has 0 aliphatic rings. The normalized spacial score (nSPS) is 11.4. The molecule has 0 saturated carbocycles. The molecule has 0 rings (SSSR count). The quantitative estimate of drug-likeness (QED) is 0.358. The van der Waals surface area contributed by atoms with Gasteiger partial charge in [0, 0.05) is 36.8 Å². The fourth-order valence-electron chi connectivity index (χ4n) is 0.226. The van der Waals surface area contributed by atoms with Gasteiger partial charge in [-0.1, -0.05) is 0 Å². The van der Waals surface area contributed by atoms with Crippen molar-refractivity contribution in [1.29, 1.82) is 0 Å². The molecular formula is C3H5Br2NO3. The molecule has 0 aliphatic heterocycles. The average molecular weight is 263 g/mol. The first-order valence-electron chi connectivity index (χ1n) is 2.14. The van der Waals surface area contributed by atoms with Gasteiger partial charge in [-0.3, -0.25) is 10.1 Å². The molecule has 0 unspecified atom stereocenters. The summed E-state index contributed by atoms with van der Waals surface area (Å²) in [4.78, 5) is 9.46. The molecule has 0 radical (unpaired) electrons. The number of halogens is 2. The number of rotatable bonds is 3. The van der Waals surface area contributed by atoms with E-state index in [1.165, 1.54) is 0 Å². The van der Waals surface area contributed by atoms with Crippen LogP contribution in [-0.2, 0) is 0 Å². The van der Waals surface area contributed by atoms with Crippen molar-refractivity contribution in [2.75, 3.05) is 6.61 Å². The second kappa shape index (κ2) is 3.48. The molecular weight excluding hydrogens is 258 g/mol. The number of aliphatic hydroxyl groups is 1. The fourth-order valence-corrected chi connectivity index (χ4v) is 0.580. The number of alkyl halides is 2. The topological polar surface area (TPSA) is 63.4 Å². The van der Waals surface area contributed by atoms with Gasteiger partial charge in [0.05, 0.1) is 13.0 Å². The van der Waals surface area contributed by atoms with Crippen LogP contribution in [-0.4, -0.2) is 20.0 Å². The molecule has 0 fully saturated rings. The molecule has 6 heteroatoms. The predicted molar refractivity (Wildman–Crippen MR) is 39.3 cm³/mol. The first-order valence-corrected chi connectivity index (χ1v) is 3.72. The van der Waals surface area contributed by atoms with Gasteiger partial charge in [-0.2, -0.15) is 0 Å². The third kappa shape index (κ3) is 3.12. The molecule has 0 bridgehead atoms. The van der Waals surface area contributed by atoms with Crippen molar-refractivity contribution >= 4 is 31.9 Å². The van der Waals surface area contributed by atoms with Crippen molar-refractivity contribution in [3.05, 3.63) is 10.1 Å². The van der Waals surface area contributed by atoms with E-state index >= 15 is 0 Å². The Bertz CT molecular complexity index is 116. The van der Waals surface area contributed by atoms with E-state index in [1.54, 1.807) is 0 Å². The van der Waals surface area contributed by atoms with Crippen LogP contribution >= 0.6 is 31.9 Å². The smallest absolute Gasteiger partial charge is 0.329 e. The molecule has 1 N–H and O–H groups in total. The van der Waals surface area contributed by atoms with Crippen LogP contribution in [0.3, 0.4) is 0 Å². The molecule has 9 heavy (non-hydrogen) atoms. The Balaban J connectivity index is 3.85. The largest absolute Gasteiger partial charge is 0.396 e. The van der Waals surface area contributed by atoms with E-state index in [0.717, 1.165) is 0 Å². The number of nitrogens with zero attached hydrogens (tertiary/aromatic N) is 1. The summed E-state index contributed by atoms with van der Waals surface area (Å²) in [6.07, 6.45) is 0.0417. The standard InChI is InChI=1S/C3H5Br2NO3/c4-3(5,1-2-7)6(8)9/h7H,1-2H2. The highest BCUT2D eigenvalue weighted by Gasteiger charge is 2.34. The van der Waals surface area contributed by atoms with Crippen LogP contribution in [0.4, 0.5) is 0 Å². The fraction of sp³-hybridized carbons (Fsp3) is 1.00. The molecule has 0 saturated heterocycles. The highest BCUT2D eigenvalue weighted by atomic mass is 79.9. The third-order valence-corrected chi connectivity index (χ3v) is 2.05. The van der Waals surface area contributed by atoms with Crippen LogP contribution < -0.4 is 0 Å². The summed E-state index contributed by atoms with van der Waals surface area (Å²) in [6.45, 7) is -0.225. The second-order valence-electron chi connectivity index (χ2n) is 1.40. The minimum absolute atomic E-state index is 0.0417. The Morgan fingerprint density at radius 1 is 1.67 bits per heavy atom. The summed E-state index contributed by atoms with van der Waals surface area (Å²) in [5.41, 5.74) is 0. The van der Waals surface area contributed by atoms with Crippen LogP contribution in [0.2, 0.25) is 0 Å². The molecule has 0 atom stereocenters. The van der Waals surface area contributed by atoms with Gasteiger partial charge in [-0.05, 0) is 0 Å². The summed E-state index contributed by atoms with van der Waals surface area (Å²) >= 11 is 5.53. The summed E-state index contributed by atoms with van der Waals surface area (Å²) < 4.78 is -1.35. The van der Waals surface area contributed by atoms with E-state index in [0.29, 0.717) is 0 Å². The van der Waals surface area contributed by atoms with Gasteiger partial charge in [0.2, 0.25) is 0 Å². The Labute approximate surface area is 68.7 Å². The van der Waals surface area contributed by atoms with Crippen molar-refractivity contribution in [3.63, 3.8) is 0 Å². The maximum atomic E-state index is 10.0. The Hall–Kier alpha value is 0.320. The lowest BCUT2D eigenvalue weighted by Gasteiger charge is -2.07. The van der Waals surface area contributed by atoms with Crippen LogP contribution in [0.15, 0.2) is 0 Å². The van der Waals surface area contributed by atoms with E-state index in [-0.39, 0.29) is 13.0 Å². The van der Waals surface area contributed by atoms with E-state index < -0.39 is 8.28 Å². The maximum Gasteiger partial charge on any atom is 0.329 e. The number of aliphatic hydroxyl groups excluding tert-OH is 1. The molecule has 0 aromatic heterocycles. The number of nitro groups is 1. The zero-order valence-electron chi connectivity index (χ0n) is 4.38. The molecule has 0 heterocycles. The lowest BCUT2D eigenvalue weighted by Crippen LogP contribution is -2.24. The highest BCUT2D eigenvalue weighted by molar-refractivity contribution is 9.25. The zero-order valence-corrected chi connectivity index (χ0v) is 7.55. The first kappa shape index (κ1) is 9.32. The van der Waals surface area contributed by atoms with Gasteiger partial charge in [-0.25, -0.2) is 0 Å². The van der Waals surface area contributed by atoms with Crippen molar-refractivity contribution in [3.8, 4) is 0 Å². The third-order valence-electron chi connectivity index (χ3n) is 0.680. The summed E-state index contributed by atoms with van der Waals surface area (Å²) in [6, 6.07) is 0. The van der Waals surface area contributed by atoms with Crippen LogP contribution in [0, 0.1) is 10.1 Å². The van der Waals surface area contributed by atoms with Gasteiger partial charge in [0.25, 0.3) is 0 Å². The summed E-state index contributed by atoms with van der Waals surface area (Å²) in [7, 11) is 0. The van der Waals surface area contributed by atoms with Crippen LogP contribution in [0.5, 0.6) is 0 Å². The molecule has 0 spiro atoms. The van der Waals surface area contributed by atoms with Crippen molar-refractivity contribution < 1.29 is 10.0 Å². The molecule has 4 nitrogen and oxygen atoms in total. The lowest BCUT2D eigenvalue weighted by atomic mass is 10.5. The van der Waals surface area contributed by atoms with E-state index in [2.05, 4.69) is 31.9 Å². The molecule has 54 valence electrons. The molecule has 0 aliphatic carbocycles. The maximum absolute atomic E-state index is 10.0. The highest BCUT2D eigenvalue weighted by Crippen LogP contribution is 2.29. The lowest BCUT2D eigenvalue weighted by molar-refractivity contribution is -0.505.